The molecule has 13 nitrogen and oxygen atoms in total. The second kappa shape index (κ2) is 12.5. The van der Waals surface area contributed by atoms with Gasteiger partial charge in [0.1, 0.15) is 42.7 Å². The molecule has 0 amide bonds. The number of rotatable bonds is 11. The van der Waals surface area contributed by atoms with Gasteiger partial charge in [-0.1, -0.05) is 0 Å². The maximum atomic E-state index is 12.1. The predicted octanol–water partition coefficient (Wildman–Crippen LogP) is -2.11. The van der Waals surface area contributed by atoms with Crippen molar-refractivity contribution >= 4 is 12.0 Å². The van der Waals surface area contributed by atoms with E-state index in [4.69, 9.17) is 28.8 Å². The Bertz CT molecular complexity index is 846. The van der Waals surface area contributed by atoms with Gasteiger partial charge in [-0.25, -0.2) is 4.79 Å². The van der Waals surface area contributed by atoms with Crippen LogP contribution in [0.15, 0.2) is 18.2 Å². The van der Waals surface area contributed by atoms with Crippen LogP contribution < -0.4 is 9.47 Å². The summed E-state index contributed by atoms with van der Waals surface area (Å²) in [6.45, 7) is -0.694. The van der Waals surface area contributed by atoms with E-state index < -0.39 is 68.2 Å². The largest absolute Gasteiger partial charge is 0.502 e. The van der Waals surface area contributed by atoms with Crippen molar-refractivity contribution in [3.05, 3.63) is 23.8 Å². The minimum Gasteiger partial charge on any atom is -0.502 e. The second-order valence-corrected chi connectivity index (χ2v) is 8.12. The number of aliphatic hydroxyl groups excluding tert-OH is 5. The van der Waals surface area contributed by atoms with Gasteiger partial charge in [0, 0.05) is 6.08 Å². The van der Waals surface area contributed by atoms with Crippen molar-refractivity contribution in [2.75, 3.05) is 34.0 Å². The molecular formula is C22H32O13. The highest BCUT2D eigenvalue weighted by molar-refractivity contribution is 5.87. The molecule has 35 heavy (non-hydrogen) atoms. The molecule has 1 aromatic rings. The normalized spacial score (nSPS) is 27.3. The minimum atomic E-state index is -1.88. The monoisotopic (exact) mass is 504 g/mol. The summed E-state index contributed by atoms with van der Waals surface area (Å²) >= 11 is 0. The van der Waals surface area contributed by atoms with Gasteiger partial charge in [0.25, 0.3) is 0 Å². The molecule has 1 heterocycles. The Morgan fingerprint density at radius 2 is 1.74 bits per heavy atom. The third kappa shape index (κ3) is 7.25. The number of phenols is 1. The fraction of sp³-hybridized carbons (Fsp3) is 0.591. The van der Waals surface area contributed by atoms with Crippen molar-refractivity contribution in [1.82, 2.24) is 0 Å². The van der Waals surface area contributed by atoms with Crippen molar-refractivity contribution in [1.29, 1.82) is 0 Å². The van der Waals surface area contributed by atoms with Crippen LogP contribution in [0.4, 0.5) is 0 Å². The number of phenolic OH excluding ortho intramolecular Hbond substituents is 1. The van der Waals surface area contributed by atoms with E-state index in [1.165, 1.54) is 32.4 Å². The third-order valence-corrected chi connectivity index (χ3v) is 5.43. The van der Waals surface area contributed by atoms with Gasteiger partial charge in [0.2, 0.25) is 5.75 Å². The van der Waals surface area contributed by atoms with Crippen LogP contribution in [0.2, 0.25) is 0 Å². The molecule has 0 unspecified atom stereocenters. The third-order valence-electron chi connectivity index (χ3n) is 5.43. The van der Waals surface area contributed by atoms with Crippen LogP contribution in [0.5, 0.6) is 17.2 Å². The van der Waals surface area contributed by atoms with E-state index in [2.05, 4.69) is 0 Å². The number of benzene rings is 1. The predicted molar refractivity (Wildman–Crippen MR) is 118 cm³/mol. The van der Waals surface area contributed by atoms with Crippen molar-refractivity contribution in [2.45, 2.75) is 49.3 Å². The molecule has 1 aliphatic heterocycles. The average Bonchev–Trinajstić information content (AvgIpc) is 2.85. The molecule has 198 valence electrons. The molecule has 13 heteroatoms. The number of carbonyl (C=O) groups excluding carboxylic acids is 1. The summed E-state index contributed by atoms with van der Waals surface area (Å²) in [4.78, 5) is 12.1. The number of carbonyl (C=O) groups is 1. The number of ether oxygens (including phenoxy) is 5. The average molecular weight is 504 g/mol. The topological polar surface area (TPSA) is 205 Å². The number of aromatic hydroxyl groups is 1. The van der Waals surface area contributed by atoms with Crippen molar-refractivity contribution in [2.24, 2.45) is 0 Å². The zero-order chi connectivity index (χ0) is 26.3. The molecule has 7 atom stereocenters. The highest BCUT2D eigenvalue weighted by Gasteiger charge is 2.45. The number of hydrogen-bond acceptors (Lipinski definition) is 13. The molecule has 0 bridgehead atoms. The van der Waals surface area contributed by atoms with Crippen LogP contribution in [0.3, 0.4) is 0 Å². The Morgan fingerprint density at radius 3 is 2.29 bits per heavy atom. The van der Waals surface area contributed by atoms with Gasteiger partial charge in [-0.05, 0) is 30.7 Å². The second-order valence-electron chi connectivity index (χ2n) is 8.12. The number of hydrogen-bond donors (Lipinski definition) is 7. The first-order chi connectivity index (χ1) is 16.4. The lowest BCUT2D eigenvalue weighted by Gasteiger charge is -2.40. The van der Waals surface area contributed by atoms with Gasteiger partial charge in [0.05, 0.1) is 27.4 Å². The van der Waals surface area contributed by atoms with Crippen molar-refractivity contribution in [3.8, 4) is 17.2 Å². The van der Waals surface area contributed by atoms with Crippen molar-refractivity contribution in [3.63, 3.8) is 0 Å². The molecular weight excluding hydrogens is 472 g/mol. The summed E-state index contributed by atoms with van der Waals surface area (Å²) in [5.74, 6) is -0.789. The maximum Gasteiger partial charge on any atom is 0.330 e. The summed E-state index contributed by atoms with van der Waals surface area (Å²) in [5, 5.41) is 69.1. The first-order valence-corrected chi connectivity index (χ1v) is 10.6. The van der Waals surface area contributed by atoms with Gasteiger partial charge in [-0.2, -0.15) is 0 Å². The molecule has 0 radical (unpaired) electrons. The molecule has 0 spiro atoms. The van der Waals surface area contributed by atoms with E-state index in [0.717, 1.165) is 13.0 Å². The summed E-state index contributed by atoms with van der Waals surface area (Å²) in [6, 6.07) is 2.91. The summed E-state index contributed by atoms with van der Waals surface area (Å²) < 4.78 is 25.7. The van der Waals surface area contributed by atoms with E-state index >= 15 is 0 Å². The lowest BCUT2D eigenvalue weighted by molar-refractivity contribution is -0.308. The van der Waals surface area contributed by atoms with Crippen LogP contribution in [-0.4, -0.2) is 118 Å². The van der Waals surface area contributed by atoms with Crippen LogP contribution in [0.1, 0.15) is 12.5 Å². The Hall–Kier alpha value is -2.49. The highest BCUT2D eigenvalue weighted by atomic mass is 16.7. The lowest BCUT2D eigenvalue weighted by Crippen LogP contribution is -2.60. The van der Waals surface area contributed by atoms with Crippen LogP contribution in [0, 0.1) is 0 Å². The van der Waals surface area contributed by atoms with Crippen LogP contribution in [-0.2, 0) is 19.0 Å². The maximum absolute atomic E-state index is 12.1. The highest BCUT2D eigenvalue weighted by Crippen LogP contribution is 2.37. The van der Waals surface area contributed by atoms with Gasteiger partial charge in [-0.3, -0.25) is 0 Å². The zero-order valence-corrected chi connectivity index (χ0v) is 19.5. The van der Waals surface area contributed by atoms with Gasteiger partial charge in [-0.15, -0.1) is 0 Å². The first kappa shape index (κ1) is 28.7. The summed E-state index contributed by atoms with van der Waals surface area (Å²) in [5.41, 5.74) is -1.43. The van der Waals surface area contributed by atoms with Gasteiger partial charge < -0.3 is 59.4 Å². The molecule has 0 aromatic heterocycles. The molecule has 7 N–H and O–H groups in total. The van der Waals surface area contributed by atoms with E-state index in [-0.39, 0.29) is 17.2 Å². The zero-order valence-electron chi connectivity index (χ0n) is 19.5. The Labute approximate surface area is 201 Å². The smallest absolute Gasteiger partial charge is 0.330 e. The van der Waals surface area contributed by atoms with E-state index in [1.807, 2.05) is 0 Å². The summed E-state index contributed by atoms with van der Waals surface area (Å²) in [6.07, 6.45) is -7.00. The van der Waals surface area contributed by atoms with E-state index in [9.17, 15) is 35.4 Å². The number of aliphatic hydroxyl groups is 6. The van der Waals surface area contributed by atoms with E-state index in [1.54, 1.807) is 0 Å². The standard InChI is InChI=1S/C22H32O13/c1-22(30,10-23)15(24)9-34-21-20(29)19(28)18(27)14(35-21)8-33-16(25)5-4-11-6-12(31-2)17(26)13(7-11)32-3/h4-7,14-15,18-21,23-24,26-30H,8-10H2,1-3H3/t14-,15+,18-,19+,20-,21-,22-/m1/s1. The number of methoxy groups -OCH3 is 2. The molecule has 0 aliphatic carbocycles. The van der Waals surface area contributed by atoms with E-state index in [0.29, 0.717) is 5.56 Å². The molecule has 1 fully saturated rings. The molecule has 1 aliphatic rings. The SMILES string of the molecule is COc1cc(C=CC(=O)OC[C@H]2O[C@@H](OC[C@H](O)[C@](C)(O)CO)[C@H](O)[C@@H](O)[C@@H]2O)cc(OC)c1O. The van der Waals surface area contributed by atoms with Gasteiger partial charge >= 0.3 is 5.97 Å². The van der Waals surface area contributed by atoms with Crippen molar-refractivity contribution < 1.29 is 64.2 Å². The fourth-order valence-corrected chi connectivity index (χ4v) is 3.05. The first-order valence-electron chi connectivity index (χ1n) is 10.6. The van der Waals surface area contributed by atoms with Crippen LogP contribution in [0.25, 0.3) is 6.08 Å². The summed E-state index contributed by atoms with van der Waals surface area (Å²) in [7, 11) is 2.70. The Balaban J connectivity index is 1.98. The number of esters is 1. The Kier molecular flexibility index (Phi) is 10.2. The molecule has 1 aromatic carbocycles. The van der Waals surface area contributed by atoms with Crippen LogP contribution >= 0.6 is 0 Å². The molecule has 1 saturated heterocycles. The quantitative estimate of drug-likeness (QED) is 0.127. The van der Waals surface area contributed by atoms with Gasteiger partial charge in [0.15, 0.2) is 17.8 Å². The minimum absolute atomic E-state index is 0.125. The lowest BCUT2D eigenvalue weighted by atomic mass is 9.99. The molecule has 2 rings (SSSR count). The molecule has 0 saturated carbocycles. The fourth-order valence-electron chi connectivity index (χ4n) is 3.05. The Morgan fingerprint density at radius 1 is 1.14 bits per heavy atom.